The molecule has 152 valence electrons. The third kappa shape index (κ3) is 6.10. The van der Waals surface area contributed by atoms with Crippen LogP contribution in [-0.4, -0.2) is 35.6 Å². The van der Waals surface area contributed by atoms with Gasteiger partial charge >= 0.3 is 0 Å². The van der Waals surface area contributed by atoms with Gasteiger partial charge in [-0.2, -0.15) is 0 Å². The standard InChI is InChI=1S/C22H23NO5S/c1-2-5-16-6-3-4-7-19(16)28-14-17(24)13-27-18-10-8-15(9-11-18)12-20-21(25)23-22(26)29-20/h3-4,6-12,17,24H,2,5,13-14H2,1H3,(H,23,25,26)/b20-12+. The van der Waals surface area contributed by atoms with Crippen LogP contribution in [0, 0.1) is 0 Å². The summed E-state index contributed by atoms with van der Waals surface area (Å²) in [5.74, 6) is 0.999. The lowest BCUT2D eigenvalue weighted by atomic mass is 10.1. The summed E-state index contributed by atoms with van der Waals surface area (Å²) in [6.07, 6.45) is 2.83. The van der Waals surface area contributed by atoms with E-state index < -0.39 is 6.10 Å². The molecule has 6 nitrogen and oxygen atoms in total. The fraction of sp³-hybridized carbons (Fsp3) is 0.273. The molecule has 29 heavy (non-hydrogen) atoms. The fourth-order valence-electron chi connectivity index (χ4n) is 2.78. The molecule has 0 saturated carbocycles. The summed E-state index contributed by atoms with van der Waals surface area (Å²) in [4.78, 5) is 23.1. The number of aliphatic hydroxyl groups excluding tert-OH is 1. The van der Waals surface area contributed by atoms with Gasteiger partial charge in [0.2, 0.25) is 0 Å². The molecule has 1 fully saturated rings. The van der Waals surface area contributed by atoms with Crippen LogP contribution >= 0.6 is 11.8 Å². The number of aryl methyl sites for hydroxylation is 1. The van der Waals surface area contributed by atoms with Gasteiger partial charge in [0.15, 0.2) is 0 Å². The number of benzene rings is 2. The van der Waals surface area contributed by atoms with Gasteiger partial charge in [-0.1, -0.05) is 43.7 Å². The maximum absolute atomic E-state index is 11.6. The zero-order valence-corrected chi connectivity index (χ0v) is 16.9. The highest BCUT2D eigenvalue weighted by atomic mass is 32.2. The van der Waals surface area contributed by atoms with Crippen molar-refractivity contribution in [3.05, 3.63) is 64.6 Å². The van der Waals surface area contributed by atoms with Crippen molar-refractivity contribution in [3.63, 3.8) is 0 Å². The number of imide groups is 1. The summed E-state index contributed by atoms with van der Waals surface area (Å²) in [5.41, 5.74) is 1.91. The van der Waals surface area contributed by atoms with Gasteiger partial charge in [-0.25, -0.2) is 0 Å². The number of amides is 2. The van der Waals surface area contributed by atoms with E-state index in [0.29, 0.717) is 10.7 Å². The Kier molecular flexibility index (Phi) is 7.32. The molecule has 7 heteroatoms. The van der Waals surface area contributed by atoms with Crippen LogP contribution in [0.25, 0.3) is 6.08 Å². The van der Waals surface area contributed by atoms with Gasteiger partial charge in [0.05, 0.1) is 4.91 Å². The first kappa shape index (κ1) is 21.0. The number of ether oxygens (including phenoxy) is 2. The molecule has 1 aliphatic heterocycles. The van der Waals surface area contributed by atoms with E-state index >= 15 is 0 Å². The Morgan fingerprint density at radius 1 is 1.07 bits per heavy atom. The second-order valence-electron chi connectivity index (χ2n) is 6.55. The first-order valence-electron chi connectivity index (χ1n) is 9.41. The Morgan fingerprint density at radius 3 is 2.48 bits per heavy atom. The van der Waals surface area contributed by atoms with E-state index in [1.165, 1.54) is 0 Å². The molecular formula is C22H23NO5S. The molecule has 1 heterocycles. The molecule has 1 unspecified atom stereocenters. The Hall–Kier alpha value is -2.77. The van der Waals surface area contributed by atoms with E-state index in [2.05, 4.69) is 12.2 Å². The van der Waals surface area contributed by atoms with Crippen molar-refractivity contribution in [1.29, 1.82) is 0 Å². The first-order valence-corrected chi connectivity index (χ1v) is 10.2. The minimum Gasteiger partial charge on any atom is -0.491 e. The molecular weight excluding hydrogens is 390 g/mol. The first-order chi connectivity index (χ1) is 14.0. The quantitative estimate of drug-likeness (QED) is 0.609. The lowest BCUT2D eigenvalue weighted by Crippen LogP contribution is -2.25. The lowest BCUT2D eigenvalue weighted by Gasteiger charge is -2.15. The van der Waals surface area contributed by atoms with Crippen LogP contribution in [0.5, 0.6) is 11.5 Å². The number of carbonyl (C=O) groups is 2. The smallest absolute Gasteiger partial charge is 0.290 e. The molecule has 0 spiro atoms. The van der Waals surface area contributed by atoms with Crippen molar-refractivity contribution in [2.45, 2.75) is 25.9 Å². The highest BCUT2D eigenvalue weighted by Gasteiger charge is 2.24. The van der Waals surface area contributed by atoms with Gasteiger partial charge in [-0.3, -0.25) is 14.9 Å². The molecule has 0 aliphatic carbocycles. The van der Waals surface area contributed by atoms with Crippen molar-refractivity contribution in [2.75, 3.05) is 13.2 Å². The van der Waals surface area contributed by atoms with Gasteiger partial charge in [-0.05, 0) is 53.6 Å². The van der Waals surface area contributed by atoms with Gasteiger partial charge < -0.3 is 14.6 Å². The number of hydrogen-bond donors (Lipinski definition) is 2. The summed E-state index contributed by atoms with van der Waals surface area (Å²) < 4.78 is 11.4. The molecule has 0 bridgehead atoms. The number of hydrogen-bond acceptors (Lipinski definition) is 6. The highest BCUT2D eigenvalue weighted by molar-refractivity contribution is 8.18. The molecule has 1 atom stereocenters. The fourth-order valence-corrected chi connectivity index (χ4v) is 3.46. The summed E-state index contributed by atoms with van der Waals surface area (Å²) in [5, 5.41) is 12.0. The second kappa shape index (κ2) is 10.1. The number of nitrogens with one attached hydrogen (secondary N) is 1. The Labute approximate surface area is 173 Å². The summed E-state index contributed by atoms with van der Waals surface area (Å²) >= 11 is 0.878. The van der Waals surface area contributed by atoms with Crippen LogP contribution in [0.3, 0.4) is 0 Å². The molecule has 0 aromatic heterocycles. The van der Waals surface area contributed by atoms with E-state index in [-0.39, 0.29) is 24.4 Å². The van der Waals surface area contributed by atoms with E-state index in [1.54, 1.807) is 30.3 Å². The Bertz CT molecular complexity index is 894. The molecule has 1 aliphatic rings. The monoisotopic (exact) mass is 413 g/mol. The van der Waals surface area contributed by atoms with E-state index in [1.807, 2.05) is 24.3 Å². The van der Waals surface area contributed by atoms with Crippen molar-refractivity contribution in [1.82, 2.24) is 5.32 Å². The molecule has 3 rings (SSSR count). The van der Waals surface area contributed by atoms with Crippen LogP contribution in [0.2, 0.25) is 0 Å². The largest absolute Gasteiger partial charge is 0.491 e. The third-order valence-electron chi connectivity index (χ3n) is 4.19. The molecule has 2 aromatic carbocycles. The number of rotatable bonds is 9. The van der Waals surface area contributed by atoms with Crippen LogP contribution in [0.1, 0.15) is 24.5 Å². The number of para-hydroxylation sites is 1. The zero-order valence-electron chi connectivity index (χ0n) is 16.1. The zero-order chi connectivity index (χ0) is 20.6. The summed E-state index contributed by atoms with van der Waals surface area (Å²) in [6, 6.07) is 14.9. The normalized spacial score (nSPS) is 16.0. The average Bonchev–Trinajstić information content (AvgIpc) is 3.03. The summed E-state index contributed by atoms with van der Waals surface area (Å²) in [7, 11) is 0. The number of aliphatic hydroxyl groups is 1. The van der Waals surface area contributed by atoms with Crippen LogP contribution in [0.15, 0.2) is 53.4 Å². The van der Waals surface area contributed by atoms with Crippen LogP contribution in [-0.2, 0) is 11.2 Å². The Morgan fingerprint density at radius 2 is 1.79 bits per heavy atom. The van der Waals surface area contributed by atoms with Crippen molar-refractivity contribution in [3.8, 4) is 11.5 Å². The minimum absolute atomic E-state index is 0.100. The average molecular weight is 413 g/mol. The second-order valence-corrected chi connectivity index (χ2v) is 7.57. The topological polar surface area (TPSA) is 84.9 Å². The van der Waals surface area contributed by atoms with Gasteiger partial charge in [-0.15, -0.1) is 0 Å². The van der Waals surface area contributed by atoms with Crippen molar-refractivity contribution in [2.24, 2.45) is 0 Å². The number of thioether (sulfide) groups is 1. The molecule has 0 radical (unpaired) electrons. The van der Waals surface area contributed by atoms with Gasteiger partial charge in [0.25, 0.3) is 11.1 Å². The molecule has 1 saturated heterocycles. The molecule has 2 amide bonds. The van der Waals surface area contributed by atoms with Crippen molar-refractivity contribution >= 4 is 29.0 Å². The molecule has 2 aromatic rings. The predicted octanol–water partition coefficient (Wildman–Crippen LogP) is 3.78. The lowest BCUT2D eigenvalue weighted by molar-refractivity contribution is -0.115. The predicted molar refractivity (Wildman–Crippen MR) is 113 cm³/mol. The van der Waals surface area contributed by atoms with Crippen LogP contribution in [0.4, 0.5) is 4.79 Å². The van der Waals surface area contributed by atoms with E-state index in [9.17, 15) is 14.7 Å². The molecule has 2 N–H and O–H groups in total. The van der Waals surface area contributed by atoms with Gasteiger partial charge in [0, 0.05) is 0 Å². The highest BCUT2D eigenvalue weighted by Crippen LogP contribution is 2.26. The minimum atomic E-state index is -0.768. The third-order valence-corrected chi connectivity index (χ3v) is 5.00. The maximum Gasteiger partial charge on any atom is 0.290 e. The summed E-state index contributed by atoms with van der Waals surface area (Å²) in [6.45, 7) is 2.36. The van der Waals surface area contributed by atoms with Crippen molar-refractivity contribution < 1.29 is 24.2 Å². The Balaban J connectivity index is 1.48. The SMILES string of the molecule is CCCc1ccccc1OCC(O)COc1ccc(/C=C2/SC(=O)NC2=O)cc1. The van der Waals surface area contributed by atoms with E-state index in [4.69, 9.17) is 9.47 Å². The number of carbonyl (C=O) groups excluding carboxylic acids is 2. The van der Waals surface area contributed by atoms with E-state index in [0.717, 1.165) is 41.5 Å². The maximum atomic E-state index is 11.6. The van der Waals surface area contributed by atoms with Gasteiger partial charge in [0.1, 0.15) is 30.8 Å². The van der Waals surface area contributed by atoms with Crippen LogP contribution < -0.4 is 14.8 Å².